The highest BCUT2D eigenvalue weighted by Crippen LogP contribution is 2.47. The molecule has 11 aromatic rings. The Morgan fingerprint density at radius 3 is 1.79 bits per heavy atom. The van der Waals surface area contributed by atoms with Gasteiger partial charge in [-0.2, -0.15) is 0 Å². The lowest BCUT2D eigenvalue weighted by Crippen LogP contribution is -1.98. The zero-order valence-electron chi connectivity index (χ0n) is 25.9. The number of rotatable bonds is 2. The fraction of sp³-hybridized carbons (Fsp3) is 0. The zero-order chi connectivity index (χ0) is 31.3. The fourth-order valence-electron chi connectivity index (χ4n) is 8.37. The Morgan fingerprint density at radius 2 is 0.979 bits per heavy atom. The van der Waals surface area contributed by atoms with Gasteiger partial charge < -0.3 is 9.13 Å². The Balaban J connectivity index is 1.46. The van der Waals surface area contributed by atoms with Gasteiger partial charge in [0.2, 0.25) is 0 Å². The van der Waals surface area contributed by atoms with Crippen LogP contribution in [0.25, 0.3) is 98.2 Å². The molecule has 3 nitrogen and oxygen atoms in total. The number of nitrogens with zero attached hydrogens (tertiary/aromatic N) is 3. The lowest BCUT2D eigenvalue weighted by molar-refractivity contribution is 1.18. The summed E-state index contributed by atoms with van der Waals surface area (Å²) in [4.78, 5) is 5.15. The molecule has 0 unspecified atom stereocenters. The molecule has 0 amide bonds. The second kappa shape index (κ2) is 9.54. The van der Waals surface area contributed by atoms with Crippen LogP contribution in [0.2, 0.25) is 0 Å². The molecular weight excluding hydrogens is 583 g/mol. The standard InChI is InChI=1S/C45H27N3/c1-2-14-29(15-3-1)47-38-22-10-9-20-35(38)42-44(47)36-21-12-26-46-43(36)41-34-19-8-11-23-39(34)48(45(41)42)40-27-37-30-16-5-4-13-28(30)24-25-32(37)31-17-6-7-18-33(31)40/h1-27H. The van der Waals surface area contributed by atoms with Crippen LogP contribution >= 0.6 is 0 Å². The quantitative estimate of drug-likeness (QED) is 0.179. The minimum Gasteiger partial charge on any atom is -0.308 e. The first-order valence-electron chi connectivity index (χ1n) is 16.5. The van der Waals surface area contributed by atoms with Gasteiger partial charge in [0.05, 0.1) is 33.3 Å². The first-order chi connectivity index (χ1) is 23.9. The van der Waals surface area contributed by atoms with E-state index in [0.717, 1.165) is 16.6 Å². The number of hydrogen-bond donors (Lipinski definition) is 0. The second-order valence-corrected chi connectivity index (χ2v) is 12.7. The molecule has 48 heavy (non-hydrogen) atoms. The van der Waals surface area contributed by atoms with Gasteiger partial charge in [-0.05, 0) is 69.4 Å². The van der Waals surface area contributed by atoms with E-state index in [0.29, 0.717) is 0 Å². The molecule has 0 aliphatic carbocycles. The van der Waals surface area contributed by atoms with Crippen LogP contribution in [-0.2, 0) is 0 Å². The minimum absolute atomic E-state index is 1.02. The molecule has 222 valence electrons. The van der Waals surface area contributed by atoms with Crippen LogP contribution in [0.3, 0.4) is 0 Å². The number of pyridine rings is 1. The van der Waals surface area contributed by atoms with Crippen LogP contribution < -0.4 is 0 Å². The normalized spacial score (nSPS) is 12.2. The number of aromatic nitrogens is 3. The molecule has 0 aliphatic heterocycles. The van der Waals surface area contributed by atoms with Crippen molar-refractivity contribution in [2.45, 2.75) is 0 Å². The van der Waals surface area contributed by atoms with Gasteiger partial charge in [-0.15, -0.1) is 0 Å². The number of para-hydroxylation sites is 3. The average molecular weight is 610 g/mol. The Morgan fingerprint density at radius 1 is 0.375 bits per heavy atom. The Bertz CT molecular complexity index is 3110. The maximum absolute atomic E-state index is 5.15. The third-order valence-corrected chi connectivity index (χ3v) is 10.3. The Hall–Kier alpha value is -6.45. The summed E-state index contributed by atoms with van der Waals surface area (Å²) in [5, 5.41) is 13.5. The van der Waals surface area contributed by atoms with E-state index in [2.05, 4.69) is 167 Å². The summed E-state index contributed by atoms with van der Waals surface area (Å²) in [6.45, 7) is 0. The highest BCUT2D eigenvalue weighted by molar-refractivity contribution is 6.36. The molecule has 0 saturated heterocycles. The average Bonchev–Trinajstić information content (AvgIpc) is 3.69. The summed E-state index contributed by atoms with van der Waals surface area (Å²) in [6, 6.07) is 57.4. The van der Waals surface area contributed by atoms with E-state index in [-0.39, 0.29) is 0 Å². The molecule has 0 N–H and O–H groups in total. The topological polar surface area (TPSA) is 22.8 Å². The molecule has 0 spiro atoms. The van der Waals surface area contributed by atoms with Gasteiger partial charge in [-0.3, -0.25) is 4.98 Å². The van der Waals surface area contributed by atoms with Crippen LogP contribution in [0, 0.1) is 0 Å². The predicted molar refractivity (Wildman–Crippen MR) is 203 cm³/mol. The van der Waals surface area contributed by atoms with Crippen molar-refractivity contribution in [2.75, 3.05) is 0 Å². The van der Waals surface area contributed by atoms with Gasteiger partial charge in [0.1, 0.15) is 0 Å². The van der Waals surface area contributed by atoms with Gasteiger partial charge in [-0.1, -0.05) is 115 Å². The number of benzene rings is 8. The molecule has 3 aromatic heterocycles. The molecule has 0 atom stereocenters. The Labute approximate surface area is 275 Å². The summed E-state index contributed by atoms with van der Waals surface area (Å²) < 4.78 is 4.97. The molecule has 8 aromatic carbocycles. The number of hydrogen-bond acceptors (Lipinski definition) is 1. The van der Waals surface area contributed by atoms with Crippen molar-refractivity contribution in [3.63, 3.8) is 0 Å². The van der Waals surface area contributed by atoms with Crippen molar-refractivity contribution >= 4 is 86.8 Å². The maximum atomic E-state index is 5.15. The van der Waals surface area contributed by atoms with Crippen molar-refractivity contribution in [1.29, 1.82) is 0 Å². The lowest BCUT2D eigenvalue weighted by atomic mass is 9.95. The summed E-state index contributed by atoms with van der Waals surface area (Å²) in [5.41, 5.74) is 8.05. The van der Waals surface area contributed by atoms with Crippen LogP contribution in [0.1, 0.15) is 0 Å². The SMILES string of the molecule is c1ccc(-n2c3ccccc3c3c2c2cccnc2c2c4ccccc4n(-c4cc5c6ccccc6ccc5c5ccccc45)c23)cc1. The van der Waals surface area contributed by atoms with Gasteiger partial charge in [0, 0.05) is 44.2 Å². The summed E-state index contributed by atoms with van der Waals surface area (Å²) >= 11 is 0. The molecule has 3 heterocycles. The zero-order valence-corrected chi connectivity index (χ0v) is 25.9. The van der Waals surface area contributed by atoms with Crippen molar-refractivity contribution < 1.29 is 0 Å². The van der Waals surface area contributed by atoms with E-state index >= 15 is 0 Å². The van der Waals surface area contributed by atoms with Crippen molar-refractivity contribution in [3.05, 3.63) is 164 Å². The van der Waals surface area contributed by atoms with E-state index in [1.807, 2.05) is 6.20 Å². The first-order valence-corrected chi connectivity index (χ1v) is 16.5. The minimum atomic E-state index is 1.02. The third-order valence-electron chi connectivity index (χ3n) is 10.3. The number of fused-ring (bicyclic) bond motifs is 15. The predicted octanol–water partition coefficient (Wildman–Crippen LogP) is 11.9. The molecule has 0 saturated carbocycles. The van der Waals surface area contributed by atoms with E-state index in [4.69, 9.17) is 4.98 Å². The van der Waals surface area contributed by atoms with Gasteiger partial charge in [0.25, 0.3) is 0 Å². The molecule has 3 heteroatoms. The highest BCUT2D eigenvalue weighted by Gasteiger charge is 2.25. The van der Waals surface area contributed by atoms with Crippen molar-refractivity contribution in [3.8, 4) is 11.4 Å². The lowest BCUT2D eigenvalue weighted by Gasteiger charge is -2.16. The van der Waals surface area contributed by atoms with Crippen LogP contribution in [0.5, 0.6) is 0 Å². The van der Waals surface area contributed by atoms with Crippen LogP contribution in [0.15, 0.2) is 164 Å². The van der Waals surface area contributed by atoms with Crippen molar-refractivity contribution in [1.82, 2.24) is 14.1 Å². The van der Waals surface area contributed by atoms with Gasteiger partial charge in [0.15, 0.2) is 0 Å². The van der Waals surface area contributed by atoms with E-state index < -0.39 is 0 Å². The molecule has 0 bridgehead atoms. The summed E-state index contributed by atoms with van der Waals surface area (Å²) in [7, 11) is 0. The van der Waals surface area contributed by atoms with Gasteiger partial charge in [-0.25, -0.2) is 0 Å². The molecular formula is C45H27N3. The fourth-order valence-corrected chi connectivity index (χ4v) is 8.37. The summed E-state index contributed by atoms with van der Waals surface area (Å²) in [5.74, 6) is 0. The second-order valence-electron chi connectivity index (χ2n) is 12.7. The summed E-state index contributed by atoms with van der Waals surface area (Å²) in [6.07, 6.45) is 1.94. The van der Waals surface area contributed by atoms with E-state index in [1.165, 1.54) is 81.6 Å². The van der Waals surface area contributed by atoms with Crippen LogP contribution in [-0.4, -0.2) is 14.1 Å². The van der Waals surface area contributed by atoms with Gasteiger partial charge >= 0.3 is 0 Å². The Kier molecular flexibility index (Phi) is 5.11. The third kappa shape index (κ3) is 3.30. The largest absolute Gasteiger partial charge is 0.308 e. The van der Waals surface area contributed by atoms with E-state index in [9.17, 15) is 0 Å². The van der Waals surface area contributed by atoms with Crippen molar-refractivity contribution in [2.24, 2.45) is 0 Å². The molecule has 0 radical (unpaired) electrons. The van der Waals surface area contributed by atoms with E-state index in [1.54, 1.807) is 0 Å². The highest BCUT2D eigenvalue weighted by atomic mass is 15.0. The maximum Gasteiger partial charge on any atom is 0.0823 e. The monoisotopic (exact) mass is 609 g/mol. The smallest absolute Gasteiger partial charge is 0.0823 e. The van der Waals surface area contributed by atoms with Crippen LogP contribution in [0.4, 0.5) is 0 Å². The molecule has 11 rings (SSSR count). The molecule has 0 aliphatic rings. The first kappa shape index (κ1) is 25.7. The molecule has 0 fully saturated rings.